The number of carbonyl (C=O) groups excluding carboxylic acids is 2. The van der Waals surface area contributed by atoms with Crippen LogP contribution in [0.2, 0.25) is 0 Å². The Balaban J connectivity index is 1.74. The lowest BCUT2D eigenvalue weighted by Crippen LogP contribution is -2.47. The van der Waals surface area contributed by atoms with Gasteiger partial charge >= 0.3 is 0 Å². The summed E-state index contributed by atoms with van der Waals surface area (Å²) in [7, 11) is 0. The molecule has 6 nitrogen and oxygen atoms in total. The zero-order valence-electron chi connectivity index (χ0n) is 14.2. The van der Waals surface area contributed by atoms with E-state index >= 15 is 0 Å². The lowest BCUT2D eigenvalue weighted by atomic mass is 9.93. The van der Waals surface area contributed by atoms with Crippen LogP contribution in [0.3, 0.4) is 0 Å². The lowest BCUT2D eigenvalue weighted by molar-refractivity contribution is -0.119. The fraction of sp³-hybridized carbons (Fsp3) is 0.556. The van der Waals surface area contributed by atoms with Gasteiger partial charge in [-0.05, 0) is 38.5 Å². The van der Waals surface area contributed by atoms with Crippen LogP contribution in [0.1, 0.15) is 37.0 Å². The van der Waals surface area contributed by atoms with Crippen LogP contribution in [-0.2, 0) is 4.79 Å². The second-order valence-corrected chi connectivity index (χ2v) is 6.21. The first-order chi connectivity index (χ1) is 11.6. The van der Waals surface area contributed by atoms with Gasteiger partial charge in [-0.1, -0.05) is 0 Å². The van der Waals surface area contributed by atoms with Crippen molar-refractivity contribution in [3.05, 3.63) is 23.8 Å². The highest BCUT2D eigenvalue weighted by molar-refractivity contribution is 5.95. The number of likely N-dealkylation sites (tertiary alicyclic amines) is 1. The number of hydrogen-bond donors (Lipinski definition) is 1. The Morgan fingerprint density at radius 3 is 2.75 bits per heavy atom. The summed E-state index contributed by atoms with van der Waals surface area (Å²) in [6.45, 7) is 6.16. The van der Waals surface area contributed by atoms with Gasteiger partial charge < -0.3 is 19.7 Å². The number of nitrogens with one attached hydrogen (secondary N) is 1. The SMILES string of the molecule is CCOc1ccc(C(=O)N2CC[C@@H]3NC(=O)C[C@@H]3C2)cc1OCC. The summed E-state index contributed by atoms with van der Waals surface area (Å²) in [4.78, 5) is 26.2. The summed E-state index contributed by atoms with van der Waals surface area (Å²) in [5.41, 5.74) is 0.595. The van der Waals surface area contributed by atoms with Gasteiger partial charge in [-0.3, -0.25) is 9.59 Å². The van der Waals surface area contributed by atoms with Gasteiger partial charge in [0.25, 0.3) is 5.91 Å². The van der Waals surface area contributed by atoms with E-state index in [0.29, 0.717) is 49.8 Å². The maximum absolute atomic E-state index is 12.8. The first-order valence-electron chi connectivity index (χ1n) is 8.60. The zero-order valence-corrected chi connectivity index (χ0v) is 14.2. The second-order valence-electron chi connectivity index (χ2n) is 6.21. The summed E-state index contributed by atoms with van der Waals surface area (Å²) < 4.78 is 11.1. The molecular formula is C18H24N2O4. The maximum atomic E-state index is 12.8. The third-order valence-corrected chi connectivity index (χ3v) is 4.61. The Kier molecular flexibility index (Phi) is 4.92. The largest absolute Gasteiger partial charge is 0.490 e. The molecule has 0 aromatic heterocycles. The predicted octanol–water partition coefficient (Wildman–Crippen LogP) is 1.83. The van der Waals surface area contributed by atoms with Crippen molar-refractivity contribution in [3.63, 3.8) is 0 Å². The Morgan fingerprint density at radius 2 is 2.00 bits per heavy atom. The van der Waals surface area contributed by atoms with Crippen molar-refractivity contribution in [2.45, 2.75) is 32.7 Å². The molecule has 0 bridgehead atoms. The van der Waals surface area contributed by atoms with Crippen molar-refractivity contribution in [3.8, 4) is 11.5 Å². The van der Waals surface area contributed by atoms with E-state index in [1.165, 1.54) is 0 Å². The van der Waals surface area contributed by atoms with Crippen molar-refractivity contribution < 1.29 is 19.1 Å². The minimum atomic E-state index is -0.0169. The smallest absolute Gasteiger partial charge is 0.254 e. The third kappa shape index (κ3) is 3.32. The highest BCUT2D eigenvalue weighted by Gasteiger charge is 2.38. The fourth-order valence-electron chi connectivity index (χ4n) is 3.48. The minimum absolute atomic E-state index is 0.0169. The molecule has 2 aliphatic rings. The quantitative estimate of drug-likeness (QED) is 0.893. The molecule has 130 valence electrons. The zero-order chi connectivity index (χ0) is 17.1. The Labute approximate surface area is 142 Å². The molecular weight excluding hydrogens is 308 g/mol. The maximum Gasteiger partial charge on any atom is 0.254 e. The molecule has 1 aromatic rings. The first-order valence-corrected chi connectivity index (χ1v) is 8.60. The molecule has 0 aliphatic carbocycles. The molecule has 0 spiro atoms. The summed E-state index contributed by atoms with van der Waals surface area (Å²) in [5.74, 6) is 1.55. The van der Waals surface area contributed by atoms with Crippen LogP contribution in [0, 0.1) is 5.92 Å². The number of nitrogens with zero attached hydrogens (tertiary/aromatic N) is 1. The third-order valence-electron chi connectivity index (χ3n) is 4.61. The van der Waals surface area contributed by atoms with Gasteiger partial charge in [0.1, 0.15) is 0 Å². The highest BCUT2D eigenvalue weighted by atomic mass is 16.5. The summed E-state index contributed by atoms with van der Waals surface area (Å²) in [6.07, 6.45) is 1.33. The van der Waals surface area contributed by atoms with Gasteiger partial charge in [-0.25, -0.2) is 0 Å². The van der Waals surface area contributed by atoms with Crippen LogP contribution in [-0.4, -0.2) is 49.1 Å². The average Bonchev–Trinajstić information content (AvgIpc) is 2.95. The second kappa shape index (κ2) is 7.11. The molecule has 2 fully saturated rings. The highest BCUT2D eigenvalue weighted by Crippen LogP contribution is 2.31. The van der Waals surface area contributed by atoms with Crippen LogP contribution < -0.4 is 14.8 Å². The Morgan fingerprint density at radius 1 is 1.25 bits per heavy atom. The number of fused-ring (bicyclic) bond motifs is 1. The standard InChI is InChI=1S/C18H24N2O4/c1-3-23-15-6-5-12(9-16(15)24-4-2)18(22)20-8-7-14-13(11-20)10-17(21)19-14/h5-6,9,13-14H,3-4,7-8,10-11H2,1-2H3,(H,19,21)/t13-,14+/m1/s1. The molecule has 0 radical (unpaired) electrons. The van der Waals surface area contributed by atoms with Crippen LogP contribution in [0.4, 0.5) is 0 Å². The average molecular weight is 332 g/mol. The molecule has 2 atom stereocenters. The van der Waals surface area contributed by atoms with Crippen LogP contribution in [0.15, 0.2) is 18.2 Å². The van der Waals surface area contributed by atoms with Crippen LogP contribution in [0.25, 0.3) is 0 Å². The van der Waals surface area contributed by atoms with E-state index in [1.54, 1.807) is 18.2 Å². The topological polar surface area (TPSA) is 67.9 Å². The van der Waals surface area contributed by atoms with Crippen LogP contribution >= 0.6 is 0 Å². The molecule has 24 heavy (non-hydrogen) atoms. The van der Waals surface area contributed by atoms with Gasteiger partial charge in [0, 0.05) is 37.0 Å². The molecule has 2 amide bonds. The number of hydrogen-bond acceptors (Lipinski definition) is 4. The van der Waals surface area contributed by atoms with Crippen LogP contribution in [0.5, 0.6) is 11.5 Å². The van der Waals surface area contributed by atoms with Crippen molar-refractivity contribution in [1.82, 2.24) is 10.2 Å². The summed E-state index contributed by atoms with van der Waals surface area (Å²) in [5, 5.41) is 2.99. The molecule has 3 rings (SSSR count). The van der Waals surface area contributed by atoms with Crippen molar-refractivity contribution in [2.24, 2.45) is 5.92 Å². The number of benzene rings is 1. The number of piperidine rings is 1. The van der Waals surface area contributed by atoms with Gasteiger partial charge in [-0.15, -0.1) is 0 Å². The normalized spacial score (nSPS) is 22.8. The molecule has 1 N–H and O–H groups in total. The number of amides is 2. The van der Waals surface area contributed by atoms with E-state index in [-0.39, 0.29) is 23.8 Å². The van der Waals surface area contributed by atoms with E-state index in [1.807, 2.05) is 18.7 Å². The van der Waals surface area contributed by atoms with Gasteiger partial charge in [-0.2, -0.15) is 0 Å². The number of ether oxygens (including phenoxy) is 2. The molecule has 1 aromatic carbocycles. The number of carbonyl (C=O) groups is 2. The van der Waals surface area contributed by atoms with Gasteiger partial charge in [0.2, 0.25) is 5.91 Å². The van der Waals surface area contributed by atoms with Crippen molar-refractivity contribution >= 4 is 11.8 Å². The predicted molar refractivity (Wildman–Crippen MR) is 89.3 cm³/mol. The fourth-order valence-corrected chi connectivity index (χ4v) is 3.48. The summed E-state index contributed by atoms with van der Waals surface area (Å²) in [6, 6.07) is 5.54. The van der Waals surface area contributed by atoms with E-state index in [4.69, 9.17) is 9.47 Å². The van der Waals surface area contributed by atoms with E-state index in [0.717, 1.165) is 6.42 Å². The van der Waals surface area contributed by atoms with E-state index in [2.05, 4.69) is 5.32 Å². The van der Waals surface area contributed by atoms with Gasteiger partial charge in [0.05, 0.1) is 13.2 Å². The first kappa shape index (κ1) is 16.6. The Bertz CT molecular complexity index is 631. The Hall–Kier alpha value is -2.24. The molecule has 2 heterocycles. The summed E-state index contributed by atoms with van der Waals surface area (Å²) >= 11 is 0. The number of rotatable bonds is 5. The monoisotopic (exact) mass is 332 g/mol. The van der Waals surface area contributed by atoms with Crippen molar-refractivity contribution in [1.29, 1.82) is 0 Å². The minimum Gasteiger partial charge on any atom is -0.490 e. The molecule has 2 aliphatic heterocycles. The van der Waals surface area contributed by atoms with E-state index in [9.17, 15) is 9.59 Å². The molecule has 6 heteroatoms. The molecule has 0 saturated carbocycles. The molecule has 0 unspecified atom stereocenters. The van der Waals surface area contributed by atoms with Crippen molar-refractivity contribution in [2.75, 3.05) is 26.3 Å². The molecule has 2 saturated heterocycles. The van der Waals surface area contributed by atoms with Gasteiger partial charge in [0.15, 0.2) is 11.5 Å². The van der Waals surface area contributed by atoms with E-state index < -0.39 is 0 Å². The lowest BCUT2D eigenvalue weighted by Gasteiger charge is -2.34.